The van der Waals surface area contributed by atoms with Crippen LogP contribution in [0, 0.1) is 5.92 Å². The zero-order valence-corrected chi connectivity index (χ0v) is 7.59. The standard InChI is InChI=1S/C10H11NO3/c12-10(13)9(7-5-14-6-7)8-3-1-2-4-11-8/h1-4,7,9H,5-6H2,(H,12,13). The maximum absolute atomic E-state index is 11.0. The molecule has 1 saturated heterocycles. The molecule has 1 aromatic rings. The van der Waals surface area contributed by atoms with E-state index in [-0.39, 0.29) is 5.92 Å². The van der Waals surface area contributed by atoms with Gasteiger partial charge in [-0.15, -0.1) is 0 Å². The monoisotopic (exact) mass is 193 g/mol. The maximum Gasteiger partial charge on any atom is 0.313 e. The summed E-state index contributed by atoms with van der Waals surface area (Å²) in [7, 11) is 0. The molecule has 4 heteroatoms. The molecule has 4 nitrogen and oxygen atoms in total. The number of carboxylic acid groups (broad SMARTS) is 1. The van der Waals surface area contributed by atoms with Gasteiger partial charge in [0.15, 0.2) is 0 Å². The molecule has 1 aromatic heterocycles. The summed E-state index contributed by atoms with van der Waals surface area (Å²) >= 11 is 0. The van der Waals surface area contributed by atoms with Crippen molar-refractivity contribution in [3.05, 3.63) is 30.1 Å². The second kappa shape index (κ2) is 3.75. The Bertz CT molecular complexity index is 321. The highest BCUT2D eigenvalue weighted by atomic mass is 16.5. The molecule has 1 unspecified atom stereocenters. The minimum atomic E-state index is -0.822. The summed E-state index contributed by atoms with van der Waals surface area (Å²) in [5.74, 6) is -1.27. The summed E-state index contributed by atoms with van der Waals surface area (Å²) in [6.45, 7) is 1.04. The van der Waals surface area contributed by atoms with Gasteiger partial charge >= 0.3 is 5.97 Å². The summed E-state index contributed by atoms with van der Waals surface area (Å²) < 4.78 is 5.00. The number of rotatable bonds is 3. The van der Waals surface area contributed by atoms with E-state index in [1.807, 2.05) is 0 Å². The van der Waals surface area contributed by atoms with E-state index in [0.29, 0.717) is 18.9 Å². The number of aliphatic carboxylic acids is 1. The SMILES string of the molecule is O=C(O)C(c1ccccn1)C1COC1. The lowest BCUT2D eigenvalue weighted by atomic mass is 9.88. The van der Waals surface area contributed by atoms with Crippen LogP contribution in [-0.4, -0.2) is 29.3 Å². The molecule has 0 saturated carbocycles. The maximum atomic E-state index is 11.0. The lowest BCUT2D eigenvalue weighted by Crippen LogP contribution is -2.37. The van der Waals surface area contributed by atoms with Crippen molar-refractivity contribution in [3.8, 4) is 0 Å². The van der Waals surface area contributed by atoms with Gasteiger partial charge in [-0.1, -0.05) is 6.07 Å². The molecule has 0 amide bonds. The molecular formula is C10H11NO3. The first-order chi connectivity index (χ1) is 6.79. The van der Waals surface area contributed by atoms with Gasteiger partial charge in [0.05, 0.1) is 18.9 Å². The van der Waals surface area contributed by atoms with E-state index >= 15 is 0 Å². The van der Waals surface area contributed by atoms with Crippen LogP contribution in [0.5, 0.6) is 0 Å². The Kier molecular flexibility index (Phi) is 2.45. The predicted molar refractivity (Wildman–Crippen MR) is 48.9 cm³/mol. The smallest absolute Gasteiger partial charge is 0.313 e. The zero-order chi connectivity index (χ0) is 9.97. The van der Waals surface area contributed by atoms with E-state index in [2.05, 4.69) is 4.98 Å². The van der Waals surface area contributed by atoms with Crippen LogP contribution < -0.4 is 0 Å². The van der Waals surface area contributed by atoms with Crippen molar-refractivity contribution >= 4 is 5.97 Å². The molecule has 0 bridgehead atoms. The topological polar surface area (TPSA) is 59.4 Å². The summed E-state index contributed by atoms with van der Waals surface area (Å²) in [6, 6.07) is 5.33. The average Bonchev–Trinajstić information content (AvgIpc) is 2.12. The molecule has 0 aliphatic carbocycles. The minimum absolute atomic E-state index is 0.0717. The van der Waals surface area contributed by atoms with Crippen LogP contribution >= 0.6 is 0 Å². The van der Waals surface area contributed by atoms with Crippen molar-refractivity contribution in [1.29, 1.82) is 0 Å². The first-order valence-corrected chi connectivity index (χ1v) is 4.50. The fourth-order valence-electron chi connectivity index (χ4n) is 1.58. The van der Waals surface area contributed by atoms with Gasteiger partial charge in [0, 0.05) is 12.1 Å². The van der Waals surface area contributed by atoms with E-state index in [0.717, 1.165) is 0 Å². The van der Waals surface area contributed by atoms with E-state index in [4.69, 9.17) is 9.84 Å². The van der Waals surface area contributed by atoms with Crippen molar-refractivity contribution in [1.82, 2.24) is 4.98 Å². The molecule has 1 aliphatic heterocycles. The van der Waals surface area contributed by atoms with E-state index in [1.165, 1.54) is 0 Å². The van der Waals surface area contributed by atoms with Crippen LogP contribution in [0.1, 0.15) is 11.6 Å². The molecule has 1 atom stereocenters. The van der Waals surface area contributed by atoms with Crippen LogP contribution in [0.4, 0.5) is 0 Å². The van der Waals surface area contributed by atoms with Crippen LogP contribution in [-0.2, 0) is 9.53 Å². The number of ether oxygens (including phenoxy) is 1. The van der Waals surface area contributed by atoms with E-state index < -0.39 is 11.9 Å². The number of nitrogens with zero attached hydrogens (tertiary/aromatic N) is 1. The third kappa shape index (κ3) is 1.61. The number of carboxylic acids is 1. The van der Waals surface area contributed by atoms with Crippen molar-refractivity contribution in [2.24, 2.45) is 5.92 Å². The van der Waals surface area contributed by atoms with Gasteiger partial charge < -0.3 is 9.84 Å². The van der Waals surface area contributed by atoms with Gasteiger partial charge in [0.2, 0.25) is 0 Å². The molecule has 0 spiro atoms. The first-order valence-electron chi connectivity index (χ1n) is 4.50. The molecule has 14 heavy (non-hydrogen) atoms. The van der Waals surface area contributed by atoms with Crippen LogP contribution in [0.2, 0.25) is 0 Å². The number of hydrogen-bond donors (Lipinski definition) is 1. The largest absolute Gasteiger partial charge is 0.481 e. The van der Waals surface area contributed by atoms with Gasteiger partial charge in [-0.2, -0.15) is 0 Å². The summed E-state index contributed by atoms with van der Waals surface area (Å²) in [5, 5.41) is 9.07. The Labute approximate surface area is 81.5 Å². The van der Waals surface area contributed by atoms with E-state index in [1.54, 1.807) is 24.4 Å². The average molecular weight is 193 g/mol. The quantitative estimate of drug-likeness (QED) is 0.774. The number of carbonyl (C=O) groups is 1. The van der Waals surface area contributed by atoms with Crippen LogP contribution in [0.3, 0.4) is 0 Å². The normalized spacial score (nSPS) is 18.6. The molecule has 0 radical (unpaired) electrons. The Morgan fingerprint density at radius 1 is 1.57 bits per heavy atom. The second-order valence-corrected chi connectivity index (χ2v) is 3.37. The highest BCUT2D eigenvalue weighted by Crippen LogP contribution is 2.28. The number of hydrogen-bond acceptors (Lipinski definition) is 3. The van der Waals surface area contributed by atoms with Gasteiger partial charge in [0.25, 0.3) is 0 Å². The minimum Gasteiger partial charge on any atom is -0.481 e. The number of aromatic nitrogens is 1. The molecule has 2 heterocycles. The Morgan fingerprint density at radius 3 is 2.79 bits per heavy atom. The molecule has 1 fully saturated rings. The van der Waals surface area contributed by atoms with Gasteiger partial charge in [-0.05, 0) is 12.1 Å². The van der Waals surface area contributed by atoms with Crippen molar-refractivity contribution in [2.45, 2.75) is 5.92 Å². The van der Waals surface area contributed by atoms with Crippen molar-refractivity contribution < 1.29 is 14.6 Å². The van der Waals surface area contributed by atoms with Crippen LogP contribution in [0.15, 0.2) is 24.4 Å². The molecule has 1 N–H and O–H groups in total. The lowest BCUT2D eigenvalue weighted by Gasteiger charge is -2.30. The molecule has 2 rings (SSSR count). The molecule has 1 aliphatic rings. The highest BCUT2D eigenvalue weighted by Gasteiger charge is 2.35. The predicted octanol–water partition coefficient (Wildman–Crippen LogP) is 0.896. The lowest BCUT2D eigenvalue weighted by molar-refractivity contribution is -0.146. The third-order valence-corrected chi connectivity index (χ3v) is 2.41. The summed E-state index contributed by atoms with van der Waals surface area (Å²) in [4.78, 5) is 15.1. The van der Waals surface area contributed by atoms with Gasteiger partial charge in [-0.3, -0.25) is 9.78 Å². The van der Waals surface area contributed by atoms with Crippen molar-refractivity contribution in [3.63, 3.8) is 0 Å². The first kappa shape index (κ1) is 9.15. The second-order valence-electron chi connectivity index (χ2n) is 3.37. The molecule has 0 aromatic carbocycles. The summed E-state index contributed by atoms with van der Waals surface area (Å²) in [6.07, 6.45) is 1.62. The molecule has 74 valence electrons. The van der Waals surface area contributed by atoms with Crippen LogP contribution in [0.25, 0.3) is 0 Å². The Morgan fingerprint density at radius 2 is 2.36 bits per heavy atom. The molecular weight excluding hydrogens is 182 g/mol. The highest BCUT2D eigenvalue weighted by molar-refractivity contribution is 5.76. The van der Waals surface area contributed by atoms with Gasteiger partial charge in [0.1, 0.15) is 5.92 Å². The van der Waals surface area contributed by atoms with E-state index in [9.17, 15) is 4.79 Å². The fourth-order valence-corrected chi connectivity index (χ4v) is 1.58. The third-order valence-electron chi connectivity index (χ3n) is 2.41. The van der Waals surface area contributed by atoms with Crippen molar-refractivity contribution in [2.75, 3.05) is 13.2 Å². The zero-order valence-electron chi connectivity index (χ0n) is 7.59. The number of pyridine rings is 1. The van der Waals surface area contributed by atoms with Gasteiger partial charge in [-0.25, -0.2) is 0 Å². The Balaban J connectivity index is 2.22. The Hall–Kier alpha value is -1.42. The summed E-state index contributed by atoms with van der Waals surface area (Å²) in [5.41, 5.74) is 0.619. The fraction of sp³-hybridized carbons (Fsp3) is 0.400.